The molecule has 6 nitrogen and oxygen atoms in total. The van der Waals surface area contributed by atoms with E-state index < -0.39 is 0 Å². The van der Waals surface area contributed by atoms with E-state index in [2.05, 4.69) is 43.7 Å². The van der Waals surface area contributed by atoms with Gasteiger partial charge in [-0.25, -0.2) is 0 Å². The lowest BCUT2D eigenvalue weighted by molar-refractivity contribution is 0.696. The van der Waals surface area contributed by atoms with Crippen molar-refractivity contribution in [2.45, 2.75) is 26.7 Å². The van der Waals surface area contributed by atoms with Crippen molar-refractivity contribution in [3.05, 3.63) is 0 Å². The van der Waals surface area contributed by atoms with Gasteiger partial charge in [-0.05, 0) is 37.7 Å². The van der Waals surface area contributed by atoms with Crippen LogP contribution in [0.2, 0.25) is 0 Å². The highest BCUT2D eigenvalue weighted by molar-refractivity contribution is 7.98. The Labute approximate surface area is 131 Å². The van der Waals surface area contributed by atoms with Crippen molar-refractivity contribution < 1.29 is 0 Å². The van der Waals surface area contributed by atoms with Gasteiger partial charge in [-0.15, -0.1) is 0 Å². The number of nitrogens with zero attached hydrogens (tertiary/aromatic N) is 4. The Balaban J connectivity index is 2.07. The highest BCUT2D eigenvalue weighted by Gasteiger charge is 2.17. The summed E-state index contributed by atoms with van der Waals surface area (Å²) < 4.78 is 0. The number of rotatable bonds is 8. The molecule has 1 atom stereocenters. The quantitative estimate of drug-likeness (QED) is 0.764. The third-order valence-electron chi connectivity index (χ3n) is 3.41. The topological polar surface area (TPSA) is 66.0 Å². The maximum atomic E-state index is 4.58. The second-order valence-electron chi connectivity index (χ2n) is 5.45. The van der Waals surface area contributed by atoms with Crippen LogP contribution in [0.5, 0.6) is 0 Å². The smallest absolute Gasteiger partial charge is 0.231 e. The van der Waals surface area contributed by atoms with Gasteiger partial charge in [0.05, 0.1) is 0 Å². The van der Waals surface area contributed by atoms with Crippen LogP contribution in [-0.2, 0) is 0 Å². The maximum Gasteiger partial charge on any atom is 0.231 e. The fourth-order valence-electron chi connectivity index (χ4n) is 2.35. The Morgan fingerprint density at radius 2 is 1.81 bits per heavy atom. The summed E-state index contributed by atoms with van der Waals surface area (Å²) in [6.45, 7) is 8.06. The highest BCUT2D eigenvalue weighted by atomic mass is 32.2. The molecule has 1 saturated heterocycles. The molecule has 0 aromatic carbocycles. The Bertz CT molecular complexity index is 435. The van der Waals surface area contributed by atoms with Crippen molar-refractivity contribution in [1.82, 2.24) is 15.0 Å². The number of hydrogen-bond donors (Lipinski definition) is 2. The van der Waals surface area contributed by atoms with Crippen molar-refractivity contribution >= 4 is 29.6 Å². The van der Waals surface area contributed by atoms with Gasteiger partial charge in [0, 0.05) is 26.2 Å². The summed E-state index contributed by atoms with van der Waals surface area (Å²) in [4.78, 5) is 15.8. The third kappa shape index (κ3) is 4.91. The largest absolute Gasteiger partial charge is 0.354 e. The summed E-state index contributed by atoms with van der Waals surface area (Å²) >= 11 is 1.87. The van der Waals surface area contributed by atoms with Crippen molar-refractivity contribution in [3.8, 4) is 0 Å². The second-order valence-corrected chi connectivity index (χ2v) is 6.36. The lowest BCUT2D eigenvalue weighted by atomic mass is 10.2. The lowest BCUT2D eigenvalue weighted by Gasteiger charge is -2.18. The van der Waals surface area contributed by atoms with E-state index in [9.17, 15) is 0 Å². The van der Waals surface area contributed by atoms with Crippen molar-refractivity contribution in [2.24, 2.45) is 5.92 Å². The molecule has 1 aliphatic heterocycles. The van der Waals surface area contributed by atoms with E-state index in [-0.39, 0.29) is 0 Å². The molecule has 21 heavy (non-hydrogen) atoms. The Morgan fingerprint density at radius 3 is 2.43 bits per heavy atom. The molecule has 7 heteroatoms. The highest BCUT2D eigenvalue weighted by Crippen LogP contribution is 2.18. The first kappa shape index (κ1) is 16.1. The van der Waals surface area contributed by atoms with E-state index in [1.54, 1.807) is 0 Å². The summed E-state index contributed by atoms with van der Waals surface area (Å²) in [7, 11) is 0. The summed E-state index contributed by atoms with van der Waals surface area (Å²) in [6.07, 6.45) is 4.57. The molecular formula is C14H26N6S. The molecule has 2 N–H and O–H groups in total. The van der Waals surface area contributed by atoms with Gasteiger partial charge in [-0.2, -0.15) is 26.7 Å². The molecule has 0 spiro atoms. The van der Waals surface area contributed by atoms with Gasteiger partial charge in [0.25, 0.3) is 0 Å². The van der Waals surface area contributed by atoms with E-state index >= 15 is 0 Å². The van der Waals surface area contributed by atoms with Crippen LogP contribution in [0.15, 0.2) is 0 Å². The summed E-state index contributed by atoms with van der Waals surface area (Å²) in [5.41, 5.74) is 0. The molecule has 2 heterocycles. The van der Waals surface area contributed by atoms with Gasteiger partial charge in [0.2, 0.25) is 17.8 Å². The normalized spacial score (nSPS) is 16.0. The second kappa shape index (κ2) is 8.26. The molecule has 1 fully saturated rings. The van der Waals surface area contributed by atoms with Gasteiger partial charge in [-0.1, -0.05) is 6.92 Å². The van der Waals surface area contributed by atoms with E-state index in [1.807, 2.05) is 18.7 Å². The van der Waals surface area contributed by atoms with Crippen LogP contribution in [0.1, 0.15) is 26.7 Å². The van der Waals surface area contributed by atoms with Crippen LogP contribution in [-0.4, -0.2) is 53.1 Å². The SMILES string of the molecule is CCNc1nc(NCC(C)CSC)nc(N2CCCC2)n1. The van der Waals surface area contributed by atoms with E-state index in [0.29, 0.717) is 17.8 Å². The van der Waals surface area contributed by atoms with Crippen LogP contribution in [0.4, 0.5) is 17.8 Å². The predicted molar refractivity (Wildman–Crippen MR) is 91.5 cm³/mol. The van der Waals surface area contributed by atoms with Gasteiger partial charge in [-0.3, -0.25) is 0 Å². The minimum Gasteiger partial charge on any atom is -0.354 e. The predicted octanol–water partition coefficient (Wildman–Crippen LogP) is 2.31. The molecule has 0 bridgehead atoms. The first-order valence-corrected chi connectivity index (χ1v) is 9.10. The number of nitrogens with one attached hydrogen (secondary N) is 2. The summed E-state index contributed by atoms with van der Waals surface area (Å²) in [5, 5.41) is 6.54. The molecule has 0 saturated carbocycles. The summed E-state index contributed by atoms with van der Waals surface area (Å²) in [6, 6.07) is 0. The summed E-state index contributed by atoms with van der Waals surface area (Å²) in [5.74, 6) is 3.86. The fraction of sp³-hybridized carbons (Fsp3) is 0.786. The molecule has 0 aliphatic carbocycles. The average molecular weight is 310 g/mol. The average Bonchev–Trinajstić information content (AvgIpc) is 3.00. The molecule has 0 amide bonds. The van der Waals surface area contributed by atoms with Gasteiger partial charge in [0.1, 0.15) is 0 Å². The Hall–Kier alpha value is -1.24. The van der Waals surface area contributed by atoms with E-state index in [1.165, 1.54) is 12.8 Å². The zero-order chi connectivity index (χ0) is 15.1. The number of aromatic nitrogens is 3. The molecule has 1 aliphatic rings. The Kier molecular flexibility index (Phi) is 6.35. The zero-order valence-electron chi connectivity index (χ0n) is 13.2. The molecule has 1 aromatic rings. The van der Waals surface area contributed by atoms with Crippen LogP contribution in [0, 0.1) is 5.92 Å². The van der Waals surface area contributed by atoms with Gasteiger partial charge < -0.3 is 15.5 Å². The van der Waals surface area contributed by atoms with Crippen molar-refractivity contribution in [3.63, 3.8) is 0 Å². The Morgan fingerprint density at radius 1 is 1.14 bits per heavy atom. The minimum absolute atomic E-state index is 0.592. The van der Waals surface area contributed by atoms with Crippen molar-refractivity contribution in [1.29, 1.82) is 0 Å². The third-order valence-corrected chi connectivity index (χ3v) is 4.31. The molecule has 1 aromatic heterocycles. The van der Waals surface area contributed by atoms with E-state index in [0.717, 1.165) is 37.9 Å². The molecule has 0 radical (unpaired) electrons. The molecule has 2 rings (SSSR count). The molecule has 1 unspecified atom stereocenters. The molecular weight excluding hydrogens is 284 g/mol. The van der Waals surface area contributed by atoms with Crippen LogP contribution in [0.25, 0.3) is 0 Å². The van der Waals surface area contributed by atoms with Crippen LogP contribution < -0.4 is 15.5 Å². The first-order valence-electron chi connectivity index (χ1n) is 7.70. The number of thioether (sulfide) groups is 1. The fourth-order valence-corrected chi connectivity index (χ4v) is 3.04. The standard InChI is InChI=1S/C14H26N6S/c1-4-15-12-17-13(16-9-11(2)10-21-3)19-14(18-12)20-7-5-6-8-20/h11H,4-10H2,1-3H3,(H2,15,16,17,18,19). The molecule has 118 valence electrons. The van der Waals surface area contributed by atoms with Crippen LogP contribution in [0.3, 0.4) is 0 Å². The number of anilines is 3. The van der Waals surface area contributed by atoms with Crippen LogP contribution >= 0.6 is 11.8 Å². The van der Waals surface area contributed by atoms with Crippen molar-refractivity contribution in [2.75, 3.05) is 53.7 Å². The van der Waals surface area contributed by atoms with E-state index in [4.69, 9.17) is 0 Å². The lowest BCUT2D eigenvalue weighted by Crippen LogP contribution is -2.23. The maximum absolute atomic E-state index is 4.58. The zero-order valence-corrected chi connectivity index (χ0v) is 14.0. The first-order chi connectivity index (χ1) is 10.2. The van der Waals surface area contributed by atoms with Gasteiger partial charge >= 0.3 is 0 Å². The monoisotopic (exact) mass is 310 g/mol. The minimum atomic E-state index is 0.592. The number of hydrogen-bond acceptors (Lipinski definition) is 7. The van der Waals surface area contributed by atoms with Gasteiger partial charge in [0.15, 0.2) is 0 Å².